The van der Waals surface area contributed by atoms with Gasteiger partial charge in [0.05, 0.1) is 7.11 Å². The van der Waals surface area contributed by atoms with Crippen molar-refractivity contribution in [3.05, 3.63) is 65.2 Å². The normalized spacial score (nSPS) is 12.1. The highest BCUT2D eigenvalue weighted by molar-refractivity contribution is 5.36. The van der Waals surface area contributed by atoms with E-state index >= 15 is 0 Å². The third-order valence-electron chi connectivity index (χ3n) is 3.93. The topological polar surface area (TPSA) is 21.3 Å². The van der Waals surface area contributed by atoms with Crippen LogP contribution in [0, 0.1) is 6.92 Å². The second-order valence-electron chi connectivity index (χ2n) is 5.41. The minimum atomic E-state index is 0.498. The van der Waals surface area contributed by atoms with E-state index in [1.54, 1.807) is 7.11 Å². The molecule has 2 aromatic carbocycles. The summed E-state index contributed by atoms with van der Waals surface area (Å²) in [5.74, 6) is 1.43. The number of nitrogens with one attached hydrogen (secondary N) is 1. The largest absolute Gasteiger partial charge is 0.497 e. The van der Waals surface area contributed by atoms with E-state index in [4.69, 9.17) is 4.74 Å². The van der Waals surface area contributed by atoms with Crippen molar-refractivity contribution in [2.45, 2.75) is 26.2 Å². The van der Waals surface area contributed by atoms with Gasteiger partial charge in [0.25, 0.3) is 0 Å². The summed E-state index contributed by atoms with van der Waals surface area (Å²) in [5.41, 5.74) is 4.09. The molecule has 0 amide bonds. The molecule has 0 aliphatic carbocycles. The average Bonchev–Trinajstić information content (AvgIpc) is 2.53. The molecule has 2 nitrogen and oxygen atoms in total. The van der Waals surface area contributed by atoms with Gasteiger partial charge in [-0.3, -0.25) is 0 Å². The molecular formula is C19H25NO. The predicted octanol–water partition coefficient (Wildman–Crippen LogP) is 3.94. The van der Waals surface area contributed by atoms with Gasteiger partial charge in [-0.2, -0.15) is 0 Å². The van der Waals surface area contributed by atoms with Crippen LogP contribution in [-0.4, -0.2) is 20.2 Å². The van der Waals surface area contributed by atoms with Crippen molar-refractivity contribution in [1.29, 1.82) is 0 Å². The van der Waals surface area contributed by atoms with Crippen molar-refractivity contribution < 1.29 is 4.74 Å². The van der Waals surface area contributed by atoms with E-state index in [-0.39, 0.29) is 0 Å². The lowest BCUT2D eigenvalue weighted by atomic mass is 9.90. The van der Waals surface area contributed by atoms with E-state index < -0.39 is 0 Å². The number of likely N-dealkylation sites (N-methyl/N-ethyl adjacent to an activating group) is 1. The number of methoxy groups -OCH3 is 1. The molecule has 0 spiro atoms. The summed E-state index contributed by atoms with van der Waals surface area (Å²) in [6, 6.07) is 17.1. The Morgan fingerprint density at radius 1 is 1.10 bits per heavy atom. The molecule has 0 saturated carbocycles. The fourth-order valence-corrected chi connectivity index (χ4v) is 2.64. The number of ether oxygens (including phenoxy) is 1. The van der Waals surface area contributed by atoms with Crippen LogP contribution >= 0.6 is 0 Å². The Balaban J connectivity index is 2.18. The van der Waals surface area contributed by atoms with Gasteiger partial charge in [0, 0.05) is 12.5 Å². The standard InChI is InChI=1S/C19H25NO/c1-4-20-14-18(16-8-6-5-7-9-16)13-17-10-11-19(21-3)12-15(17)2/h5-12,18,20H,4,13-14H2,1-3H3. The van der Waals surface area contributed by atoms with E-state index in [1.165, 1.54) is 16.7 Å². The Hall–Kier alpha value is -1.80. The van der Waals surface area contributed by atoms with Gasteiger partial charge in [0.2, 0.25) is 0 Å². The van der Waals surface area contributed by atoms with Gasteiger partial charge in [0.15, 0.2) is 0 Å². The van der Waals surface area contributed by atoms with Crippen LogP contribution in [0.4, 0.5) is 0 Å². The van der Waals surface area contributed by atoms with Crippen LogP contribution in [0.15, 0.2) is 48.5 Å². The second-order valence-corrected chi connectivity index (χ2v) is 5.41. The Morgan fingerprint density at radius 2 is 1.86 bits per heavy atom. The van der Waals surface area contributed by atoms with Gasteiger partial charge >= 0.3 is 0 Å². The minimum Gasteiger partial charge on any atom is -0.497 e. The molecule has 0 fully saturated rings. The predicted molar refractivity (Wildman–Crippen MR) is 89.2 cm³/mol. The molecule has 1 atom stereocenters. The fourth-order valence-electron chi connectivity index (χ4n) is 2.64. The minimum absolute atomic E-state index is 0.498. The molecule has 0 radical (unpaired) electrons. The zero-order valence-electron chi connectivity index (χ0n) is 13.2. The first-order valence-corrected chi connectivity index (χ1v) is 7.63. The summed E-state index contributed by atoms with van der Waals surface area (Å²) in [6.07, 6.45) is 1.05. The van der Waals surface area contributed by atoms with Crippen molar-refractivity contribution in [2.75, 3.05) is 20.2 Å². The van der Waals surface area contributed by atoms with Gasteiger partial charge in [0.1, 0.15) is 5.75 Å². The zero-order chi connectivity index (χ0) is 15.1. The van der Waals surface area contributed by atoms with Crippen molar-refractivity contribution in [1.82, 2.24) is 5.32 Å². The molecular weight excluding hydrogens is 258 g/mol. The molecule has 112 valence electrons. The van der Waals surface area contributed by atoms with E-state index in [1.807, 2.05) is 0 Å². The van der Waals surface area contributed by atoms with Crippen LogP contribution in [0.5, 0.6) is 5.75 Å². The van der Waals surface area contributed by atoms with Gasteiger partial charge < -0.3 is 10.1 Å². The summed E-state index contributed by atoms with van der Waals surface area (Å²) < 4.78 is 5.29. The molecule has 2 aromatic rings. The van der Waals surface area contributed by atoms with Crippen LogP contribution in [-0.2, 0) is 6.42 Å². The van der Waals surface area contributed by atoms with Crippen molar-refractivity contribution >= 4 is 0 Å². The zero-order valence-corrected chi connectivity index (χ0v) is 13.2. The van der Waals surface area contributed by atoms with E-state index in [9.17, 15) is 0 Å². The van der Waals surface area contributed by atoms with Crippen LogP contribution in [0.1, 0.15) is 29.5 Å². The van der Waals surface area contributed by atoms with Gasteiger partial charge in [-0.15, -0.1) is 0 Å². The molecule has 0 saturated heterocycles. The third-order valence-corrected chi connectivity index (χ3v) is 3.93. The lowest BCUT2D eigenvalue weighted by Gasteiger charge is -2.19. The number of hydrogen-bond donors (Lipinski definition) is 1. The maximum atomic E-state index is 5.29. The first-order chi connectivity index (χ1) is 10.2. The van der Waals surface area contributed by atoms with Crippen LogP contribution < -0.4 is 10.1 Å². The molecule has 2 rings (SSSR count). The molecule has 1 N–H and O–H groups in total. The Labute approximate surface area is 128 Å². The van der Waals surface area contributed by atoms with Crippen LogP contribution in [0.2, 0.25) is 0 Å². The quantitative estimate of drug-likeness (QED) is 0.831. The average molecular weight is 283 g/mol. The highest BCUT2D eigenvalue weighted by atomic mass is 16.5. The molecule has 21 heavy (non-hydrogen) atoms. The maximum absolute atomic E-state index is 5.29. The monoisotopic (exact) mass is 283 g/mol. The van der Waals surface area contributed by atoms with Gasteiger partial charge in [-0.1, -0.05) is 43.3 Å². The number of benzene rings is 2. The highest BCUT2D eigenvalue weighted by Crippen LogP contribution is 2.24. The fraction of sp³-hybridized carbons (Fsp3) is 0.368. The summed E-state index contributed by atoms with van der Waals surface area (Å²) in [5, 5.41) is 3.48. The first kappa shape index (κ1) is 15.6. The van der Waals surface area contributed by atoms with Gasteiger partial charge in [-0.25, -0.2) is 0 Å². The summed E-state index contributed by atoms with van der Waals surface area (Å²) >= 11 is 0. The summed E-state index contributed by atoms with van der Waals surface area (Å²) in [4.78, 5) is 0. The van der Waals surface area contributed by atoms with Crippen molar-refractivity contribution in [3.8, 4) is 5.75 Å². The number of aryl methyl sites for hydroxylation is 1. The molecule has 2 heteroatoms. The Bertz CT molecular complexity index is 551. The van der Waals surface area contributed by atoms with Crippen LogP contribution in [0.25, 0.3) is 0 Å². The van der Waals surface area contributed by atoms with Gasteiger partial charge in [-0.05, 0) is 48.7 Å². The molecule has 0 heterocycles. The van der Waals surface area contributed by atoms with E-state index in [0.717, 1.165) is 25.3 Å². The summed E-state index contributed by atoms with van der Waals surface area (Å²) in [6.45, 7) is 6.32. The van der Waals surface area contributed by atoms with Crippen molar-refractivity contribution in [3.63, 3.8) is 0 Å². The second kappa shape index (κ2) is 7.84. The lowest BCUT2D eigenvalue weighted by Crippen LogP contribution is -2.22. The number of hydrogen-bond acceptors (Lipinski definition) is 2. The molecule has 1 unspecified atom stereocenters. The maximum Gasteiger partial charge on any atom is 0.119 e. The Morgan fingerprint density at radius 3 is 2.48 bits per heavy atom. The SMILES string of the molecule is CCNCC(Cc1ccc(OC)cc1C)c1ccccc1. The molecule has 0 aliphatic rings. The first-order valence-electron chi connectivity index (χ1n) is 7.63. The smallest absolute Gasteiger partial charge is 0.119 e. The van der Waals surface area contributed by atoms with E-state index in [2.05, 4.69) is 67.7 Å². The molecule has 0 aromatic heterocycles. The molecule has 0 aliphatic heterocycles. The number of rotatable bonds is 7. The third kappa shape index (κ3) is 4.33. The Kier molecular flexibility index (Phi) is 5.82. The van der Waals surface area contributed by atoms with Crippen molar-refractivity contribution in [2.24, 2.45) is 0 Å². The lowest BCUT2D eigenvalue weighted by molar-refractivity contribution is 0.414. The van der Waals surface area contributed by atoms with Crippen LogP contribution in [0.3, 0.4) is 0 Å². The molecule has 0 bridgehead atoms. The summed E-state index contributed by atoms with van der Waals surface area (Å²) in [7, 11) is 1.71. The highest BCUT2D eigenvalue weighted by Gasteiger charge is 2.13. The van der Waals surface area contributed by atoms with E-state index in [0.29, 0.717) is 5.92 Å².